The Morgan fingerprint density at radius 2 is 1.58 bits per heavy atom. The van der Waals surface area contributed by atoms with E-state index in [2.05, 4.69) is 0 Å². The van der Waals surface area contributed by atoms with Gasteiger partial charge < -0.3 is 10.0 Å². The van der Waals surface area contributed by atoms with E-state index in [9.17, 15) is 26.4 Å². The molecule has 162 valence electrons. The van der Waals surface area contributed by atoms with Crippen molar-refractivity contribution in [1.82, 2.24) is 0 Å². The normalized spacial score (nSPS) is 11.9. The molecule has 3 aromatic rings. The maximum atomic E-state index is 13.4. The number of sulfone groups is 1. The van der Waals surface area contributed by atoms with Crippen LogP contribution in [0.4, 0.5) is 24.5 Å². The summed E-state index contributed by atoms with van der Waals surface area (Å²) in [5.41, 5.74) is 0.882. The number of carboxylic acid groups (broad SMARTS) is 1. The van der Waals surface area contributed by atoms with Crippen LogP contribution in [0.3, 0.4) is 0 Å². The zero-order valence-electron chi connectivity index (χ0n) is 16.3. The molecule has 0 spiro atoms. The van der Waals surface area contributed by atoms with Crippen LogP contribution < -0.4 is 4.90 Å². The molecule has 3 rings (SSSR count). The summed E-state index contributed by atoms with van der Waals surface area (Å²) in [5.74, 6) is -2.46. The van der Waals surface area contributed by atoms with Crippen LogP contribution in [0.25, 0.3) is 11.1 Å². The monoisotopic (exact) mass is 449 g/mol. The average Bonchev–Trinajstić information content (AvgIpc) is 2.72. The van der Waals surface area contributed by atoms with E-state index >= 15 is 0 Å². The van der Waals surface area contributed by atoms with Crippen LogP contribution in [-0.4, -0.2) is 32.3 Å². The molecule has 0 aliphatic rings. The second kappa shape index (κ2) is 8.43. The van der Waals surface area contributed by atoms with Crippen molar-refractivity contribution in [3.05, 3.63) is 78.4 Å². The van der Waals surface area contributed by atoms with Gasteiger partial charge in [-0.3, -0.25) is 4.79 Å². The van der Waals surface area contributed by atoms with Gasteiger partial charge in [-0.25, -0.2) is 8.42 Å². The van der Waals surface area contributed by atoms with Crippen LogP contribution >= 0.6 is 0 Å². The summed E-state index contributed by atoms with van der Waals surface area (Å²) in [7, 11) is -2.26. The summed E-state index contributed by atoms with van der Waals surface area (Å²) in [6, 6.07) is 17.5. The molecule has 0 aromatic heterocycles. The van der Waals surface area contributed by atoms with Gasteiger partial charge in [-0.15, -0.1) is 0 Å². The maximum Gasteiger partial charge on any atom is 0.417 e. The van der Waals surface area contributed by atoms with E-state index < -0.39 is 33.3 Å². The lowest BCUT2D eigenvalue weighted by atomic mass is 9.98. The van der Waals surface area contributed by atoms with Gasteiger partial charge in [0.15, 0.2) is 15.6 Å². The molecule has 0 radical (unpaired) electrons. The minimum absolute atomic E-state index is 0.0559. The van der Waals surface area contributed by atoms with E-state index in [-0.39, 0.29) is 10.5 Å². The zero-order valence-corrected chi connectivity index (χ0v) is 17.1. The van der Waals surface area contributed by atoms with Gasteiger partial charge >= 0.3 is 12.1 Å². The van der Waals surface area contributed by atoms with E-state index in [4.69, 9.17) is 5.11 Å². The number of hydrogen-bond donors (Lipinski definition) is 1. The number of halogens is 3. The lowest BCUT2D eigenvalue weighted by Gasteiger charge is -2.21. The molecule has 0 unspecified atom stereocenters. The topological polar surface area (TPSA) is 74.7 Å². The van der Waals surface area contributed by atoms with Crippen molar-refractivity contribution < 1.29 is 31.5 Å². The first-order chi connectivity index (χ1) is 14.5. The van der Waals surface area contributed by atoms with Gasteiger partial charge in [-0.05, 0) is 53.6 Å². The number of nitrogens with zero attached hydrogens (tertiary/aromatic N) is 1. The summed E-state index contributed by atoms with van der Waals surface area (Å²) in [4.78, 5) is 12.3. The fourth-order valence-electron chi connectivity index (χ4n) is 3.14. The molecule has 0 aliphatic carbocycles. The third-order valence-corrected chi connectivity index (χ3v) is 6.29. The van der Waals surface area contributed by atoms with E-state index in [0.29, 0.717) is 16.9 Å². The number of alkyl halides is 3. The molecule has 0 saturated heterocycles. The Balaban J connectivity index is 1.93. The van der Waals surface area contributed by atoms with Crippen molar-refractivity contribution >= 4 is 27.2 Å². The highest BCUT2D eigenvalue weighted by atomic mass is 32.2. The highest BCUT2D eigenvalue weighted by Crippen LogP contribution is 2.38. The lowest BCUT2D eigenvalue weighted by Crippen LogP contribution is -2.15. The fourth-order valence-corrected chi connectivity index (χ4v) is 4.18. The predicted molar refractivity (Wildman–Crippen MR) is 111 cm³/mol. The Labute approximate surface area is 177 Å². The second-order valence-corrected chi connectivity index (χ2v) is 8.79. The van der Waals surface area contributed by atoms with Gasteiger partial charge in [-0.1, -0.05) is 30.3 Å². The van der Waals surface area contributed by atoms with Crippen molar-refractivity contribution in [3.8, 4) is 11.1 Å². The highest BCUT2D eigenvalue weighted by molar-refractivity contribution is 7.92. The quantitative estimate of drug-likeness (QED) is 0.573. The van der Waals surface area contributed by atoms with Crippen LogP contribution in [0.1, 0.15) is 5.56 Å². The molecule has 0 atom stereocenters. The van der Waals surface area contributed by atoms with Crippen LogP contribution in [0.5, 0.6) is 0 Å². The van der Waals surface area contributed by atoms with Crippen molar-refractivity contribution in [1.29, 1.82) is 0 Å². The number of carboxylic acids is 1. The summed E-state index contributed by atoms with van der Waals surface area (Å²) in [6.45, 7) is 0. The second-order valence-electron chi connectivity index (χ2n) is 6.80. The molecular formula is C22H18F3NO4S. The number of aliphatic carboxylic acids is 1. The smallest absolute Gasteiger partial charge is 0.417 e. The van der Waals surface area contributed by atoms with Crippen LogP contribution in [0.2, 0.25) is 0 Å². The van der Waals surface area contributed by atoms with E-state index in [1.165, 1.54) is 42.5 Å². The molecule has 3 aromatic carbocycles. The molecule has 0 fully saturated rings. The molecule has 0 aliphatic heterocycles. The molecule has 0 saturated carbocycles. The van der Waals surface area contributed by atoms with Crippen LogP contribution in [0.15, 0.2) is 77.7 Å². The van der Waals surface area contributed by atoms with Crippen molar-refractivity contribution in [2.75, 3.05) is 17.7 Å². The summed E-state index contributed by atoms with van der Waals surface area (Å²) in [6.07, 6.45) is -4.49. The first-order valence-electron chi connectivity index (χ1n) is 9.04. The predicted octanol–water partition coefficient (Wildman–Crippen LogP) is 5.00. The van der Waals surface area contributed by atoms with Gasteiger partial charge in [0.2, 0.25) is 0 Å². The van der Waals surface area contributed by atoms with Gasteiger partial charge in [0.05, 0.1) is 10.5 Å². The van der Waals surface area contributed by atoms with E-state index in [1.54, 1.807) is 36.2 Å². The van der Waals surface area contributed by atoms with Gasteiger partial charge in [-0.2, -0.15) is 13.2 Å². The molecule has 1 N–H and O–H groups in total. The summed E-state index contributed by atoms with van der Waals surface area (Å²) in [5, 5.41) is 8.73. The average molecular weight is 449 g/mol. The van der Waals surface area contributed by atoms with E-state index in [0.717, 1.165) is 6.07 Å². The minimum atomic E-state index is -4.49. The highest BCUT2D eigenvalue weighted by Gasteiger charge is 2.33. The van der Waals surface area contributed by atoms with Crippen molar-refractivity contribution in [3.63, 3.8) is 0 Å². The van der Waals surface area contributed by atoms with Crippen LogP contribution in [0, 0.1) is 0 Å². The summed E-state index contributed by atoms with van der Waals surface area (Å²) < 4.78 is 64.2. The fraction of sp³-hybridized carbons (Fsp3) is 0.136. The molecule has 9 heteroatoms. The standard InChI is InChI=1S/C22H18F3NO4S/c1-26(16-9-11-18(12-10-16)31(29,30)14-21(27)28)17-6-4-5-15(13-17)19-7-2-3-8-20(19)22(23,24)25/h2-13H,14H2,1H3,(H,27,28). The zero-order chi connectivity index (χ0) is 22.8. The van der Waals surface area contributed by atoms with Crippen molar-refractivity contribution in [2.45, 2.75) is 11.1 Å². The number of benzene rings is 3. The maximum absolute atomic E-state index is 13.4. The van der Waals surface area contributed by atoms with Gasteiger partial charge in [0.25, 0.3) is 0 Å². The third-order valence-electron chi connectivity index (χ3n) is 4.67. The molecule has 0 amide bonds. The molecule has 5 nitrogen and oxygen atoms in total. The lowest BCUT2D eigenvalue weighted by molar-refractivity contribution is -0.137. The minimum Gasteiger partial charge on any atom is -0.480 e. The molecular weight excluding hydrogens is 431 g/mol. The summed E-state index contributed by atoms with van der Waals surface area (Å²) >= 11 is 0. The number of anilines is 2. The SMILES string of the molecule is CN(c1ccc(S(=O)(=O)CC(=O)O)cc1)c1cccc(-c2ccccc2C(F)(F)F)c1. The Morgan fingerprint density at radius 1 is 0.935 bits per heavy atom. The van der Waals surface area contributed by atoms with Gasteiger partial charge in [0, 0.05) is 18.4 Å². The third kappa shape index (κ3) is 5.05. The Morgan fingerprint density at radius 3 is 2.19 bits per heavy atom. The Kier molecular flexibility index (Phi) is 6.08. The Bertz CT molecular complexity index is 1210. The molecule has 0 heterocycles. The number of carbonyl (C=O) groups is 1. The van der Waals surface area contributed by atoms with E-state index in [1.807, 2.05) is 0 Å². The van der Waals surface area contributed by atoms with Crippen molar-refractivity contribution in [2.24, 2.45) is 0 Å². The first-order valence-corrected chi connectivity index (χ1v) is 10.7. The first kappa shape index (κ1) is 22.4. The number of hydrogen-bond acceptors (Lipinski definition) is 4. The largest absolute Gasteiger partial charge is 0.480 e. The Hall–Kier alpha value is -3.33. The van der Waals surface area contributed by atoms with Gasteiger partial charge in [0.1, 0.15) is 0 Å². The molecule has 0 bridgehead atoms. The molecule has 31 heavy (non-hydrogen) atoms. The van der Waals surface area contributed by atoms with Crippen LogP contribution in [-0.2, 0) is 20.8 Å². The number of rotatable bonds is 6.